The van der Waals surface area contributed by atoms with Gasteiger partial charge in [-0.05, 0) is 37.8 Å². The molecule has 0 bridgehead atoms. The van der Waals surface area contributed by atoms with Gasteiger partial charge in [0.1, 0.15) is 6.10 Å². The number of aliphatic hydroxyl groups excluding tert-OH is 1. The van der Waals surface area contributed by atoms with Crippen molar-refractivity contribution in [2.45, 2.75) is 25.9 Å². The van der Waals surface area contributed by atoms with E-state index in [0.717, 1.165) is 36.5 Å². The molecule has 2 rings (SSSR count). The summed E-state index contributed by atoms with van der Waals surface area (Å²) in [5.74, 6) is 1.57. The Kier molecular flexibility index (Phi) is 10.5. The summed E-state index contributed by atoms with van der Waals surface area (Å²) in [6.45, 7) is 5.47. The molecule has 2 N–H and O–H groups in total. The molecule has 0 radical (unpaired) electrons. The summed E-state index contributed by atoms with van der Waals surface area (Å²) in [5.41, 5.74) is 0. The van der Waals surface area contributed by atoms with Crippen molar-refractivity contribution in [2.24, 2.45) is 10.9 Å². The first-order valence-corrected chi connectivity index (χ1v) is 9.30. The van der Waals surface area contributed by atoms with Crippen molar-refractivity contribution in [2.75, 3.05) is 39.9 Å². The van der Waals surface area contributed by atoms with E-state index < -0.39 is 6.10 Å². The van der Waals surface area contributed by atoms with Gasteiger partial charge in [-0.2, -0.15) is 0 Å². The summed E-state index contributed by atoms with van der Waals surface area (Å²) in [7, 11) is 1.98. The molecule has 1 fully saturated rings. The van der Waals surface area contributed by atoms with Gasteiger partial charge in [-0.25, -0.2) is 0 Å². The van der Waals surface area contributed by atoms with Crippen LogP contribution in [0, 0.1) is 5.92 Å². The van der Waals surface area contributed by atoms with E-state index in [0.29, 0.717) is 17.5 Å². The summed E-state index contributed by atoms with van der Waals surface area (Å²) in [4.78, 5) is 7.38. The number of guanidine groups is 1. The van der Waals surface area contributed by atoms with Crippen LogP contribution < -0.4 is 5.32 Å². The van der Waals surface area contributed by atoms with Crippen LogP contribution in [0.2, 0.25) is 4.34 Å². The number of thiophene rings is 1. The van der Waals surface area contributed by atoms with E-state index in [1.54, 1.807) is 6.07 Å². The van der Waals surface area contributed by atoms with Crippen LogP contribution in [0.15, 0.2) is 17.1 Å². The molecule has 0 saturated heterocycles. The van der Waals surface area contributed by atoms with Gasteiger partial charge in [-0.3, -0.25) is 4.99 Å². The number of ether oxygens (including phenoxy) is 1. The van der Waals surface area contributed by atoms with Gasteiger partial charge < -0.3 is 20.1 Å². The quantitative estimate of drug-likeness (QED) is 0.243. The molecule has 5 nitrogen and oxygen atoms in total. The molecule has 24 heavy (non-hydrogen) atoms. The molecule has 0 spiro atoms. The first-order chi connectivity index (χ1) is 11.1. The number of nitrogens with zero attached hydrogens (tertiary/aromatic N) is 2. The minimum atomic E-state index is -0.624. The molecule has 0 aromatic carbocycles. The van der Waals surface area contributed by atoms with E-state index >= 15 is 0 Å². The van der Waals surface area contributed by atoms with E-state index in [2.05, 4.69) is 10.3 Å². The topological polar surface area (TPSA) is 57.1 Å². The Hall–Kier alpha value is -0.0900. The van der Waals surface area contributed by atoms with Crippen molar-refractivity contribution in [1.82, 2.24) is 10.2 Å². The Bertz CT molecular complexity index is 511. The van der Waals surface area contributed by atoms with Crippen molar-refractivity contribution >= 4 is 52.9 Å². The number of hydrogen-bond acceptors (Lipinski definition) is 4. The first kappa shape index (κ1) is 22.0. The summed E-state index contributed by atoms with van der Waals surface area (Å²) in [6, 6.07) is 3.64. The monoisotopic (exact) mass is 487 g/mol. The summed E-state index contributed by atoms with van der Waals surface area (Å²) >= 11 is 7.29. The molecular weight excluding hydrogens is 461 g/mol. The van der Waals surface area contributed by atoms with Gasteiger partial charge in [-0.1, -0.05) is 11.6 Å². The molecule has 8 heteroatoms. The normalized spacial score (nSPS) is 15.8. The Morgan fingerprint density at radius 1 is 1.54 bits per heavy atom. The van der Waals surface area contributed by atoms with Crippen LogP contribution in [0.5, 0.6) is 0 Å². The third-order valence-electron chi connectivity index (χ3n) is 3.65. The van der Waals surface area contributed by atoms with E-state index in [9.17, 15) is 5.11 Å². The van der Waals surface area contributed by atoms with Gasteiger partial charge in [0.25, 0.3) is 0 Å². The Morgan fingerprint density at radius 3 is 2.88 bits per heavy atom. The van der Waals surface area contributed by atoms with Crippen LogP contribution in [-0.4, -0.2) is 55.9 Å². The van der Waals surface area contributed by atoms with E-state index in [1.165, 1.54) is 24.2 Å². The second-order valence-electron chi connectivity index (χ2n) is 5.79. The standard InChI is InChI=1S/C16H26ClN3O2S.HI/c1-3-18-16(20(2)8-9-22-11-12-4-5-12)19-10-13(21)14-6-7-15(17)23-14;/h6-7,12-13,21H,3-5,8-11H2,1-2H3,(H,18,19);1H. The van der Waals surface area contributed by atoms with E-state index in [4.69, 9.17) is 16.3 Å². The lowest BCUT2D eigenvalue weighted by Crippen LogP contribution is -2.40. The molecule has 0 amide bonds. The summed E-state index contributed by atoms with van der Waals surface area (Å²) < 4.78 is 6.35. The van der Waals surface area contributed by atoms with Gasteiger partial charge in [0.15, 0.2) is 5.96 Å². The molecule has 1 aromatic heterocycles. The molecule has 0 aliphatic heterocycles. The maximum Gasteiger partial charge on any atom is 0.193 e. The lowest BCUT2D eigenvalue weighted by Gasteiger charge is -2.22. The van der Waals surface area contributed by atoms with Crippen molar-refractivity contribution < 1.29 is 9.84 Å². The van der Waals surface area contributed by atoms with E-state index in [1.807, 2.05) is 24.9 Å². The average Bonchev–Trinajstić information content (AvgIpc) is 3.26. The molecular formula is C16H27ClIN3O2S. The maximum atomic E-state index is 10.2. The van der Waals surface area contributed by atoms with Crippen LogP contribution in [0.3, 0.4) is 0 Å². The fraction of sp³-hybridized carbons (Fsp3) is 0.688. The predicted molar refractivity (Wildman–Crippen MR) is 112 cm³/mol. The van der Waals surface area contributed by atoms with Crippen LogP contribution in [0.1, 0.15) is 30.7 Å². The third kappa shape index (κ3) is 7.86. The molecule has 138 valence electrons. The first-order valence-electron chi connectivity index (χ1n) is 8.10. The summed E-state index contributed by atoms with van der Waals surface area (Å²) in [6.07, 6.45) is 2.00. The van der Waals surface area contributed by atoms with Crippen LogP contribution in [-0.2, 0) is 4.74 Å². The second-order valence-corrected chi connectivity index (χ2v) is 7.54. The zero-order valence-electron chi connectivity index (χ0n) is 14.2. The second kappa shape index (κ2) is 11.5. The molecule has 1 aliphatic rings. The van der Waals surface area contributed by atoms with Crippen molar-refractivity contribution in [1.29, 1.82) is 0 Å². The fourth-order valence-electron chi connectivity index (χ4n) is 2.08. The minimum absolute atomic E-state index is 0. The maximum absolute atomic E-state index is 10.2. The molecule has 1 heterocycles. The fourth-order valence-corrected chi connectivity index (χ4v) is 3.12. The highest BCUT2D eigenvalue weighted by molar-refractivity contribution is 14.0. The SMILES string of the molecule is CCNC(=NCC(O)c1ccc(Cl)s1)N(C)CCOCC1CC1.I. The van der Waals surface area contributed by atoms with Gasteiger partial charge in [0.05, 0.1) is 17.5 Å². The highest BCUT2D eigenvalue weighted by Crippen LogP contribution is 2.28. The van der Waals surface area contributed by atoms with E-state index in [-0.39, 0.29) is 24.0 Å². The smallest absolute Gasteiger partial charge is 0.193 e. The molecule has 1 saturated carbocycles. The zero-order chi connectivity index (χ0) is 16.7. The lowest BCUT2D eigenvalue weighted by molar-refractivity contribution is 0.115. The van der Waals surface area contributed by atoms with Crippen LogP contribution in [0.25, 0.3) is 0 Å². The number of nitrogens with one attached hydrogen (secondary N) is 1. The average molecular weight is 488 g/mol. The number of aliphatic hydroxyl groups is 1. The number of aliphatic imine (C=N–C) groups is 1. The van der Waals surface area contributed by atoms with Gasteiger partial charge in [-0.15, -0.1) is 35.3 Å². The van der Waals surface area contributed by atoms with Crippen molar-refractivity contribution in [3.05, 3.63) is 21.3 Å². The van der Waals surface area contributed by atoms with Gasteiger partial charge in [0, 0.05) is 31.6 Å². The van der Waals surface area contributed by atoms with Crippen LogP contribution in [0.4, 0.5) is 0 Å². The third-order valence-corrected chi connectivity index (χ3v) is 4.99. The Balaban J connectivity index is 0.00000288. The highest BCUT2D eigenvalue weighted by Gasteiger charge is 2.21. The predicted octanol–water partition coefficient (Wildman–Crippen LogP) is 3.38. The Morgan fingerprint density at radius 2 is 2.29 bits per heavy atom. The van der Waals surface area contributed by atoms with Crippen molar-refractivity contribution in [3.8, 4) is 0 Å². The molecule has 1 unspecified atom stereocenters. The minimum Gasteiger partial charge on any atom is -0.386 e. The molecule has 1 aliphatic carbocycles. The number of halogens is 2. The molecule has 1 aromatic rings. The van der Waals surface area contributed by atoms with Gasteiger partial charge in [0.2, 0.25) is 0 Å². The number of hydrogen-bond donors (Lipinski definition) is 2. The van der Waals surface area contributed by atoms with Crippen molar-refractivity contribution in [3.63, 3.8) is 0 Å². The number of likely N-dealkylation sites (N-methyl/N-ethyl adjacent to an activating group) is 1. The largest absolute Gasteiger partial charge is 0.386 e. The molecule has 1 atom stereocenters. The van der Waals surface area contributed by atoms with Gasteiger partial charge >= 0.3 is 0 Å². The Labute approximate surface area is 170 Å². The lowest BCUT2D eigenvalue weighted by atomic mass is 10.3. The van der Waals surface area contributed by atoms with Crippen LogP contribution >= 0.6 is 46.9 Å². The summed E-state index contributed by atoms with van der Waals surface area (Å²) in [5, 5.41) is 13.4. The zero-order valence-corrected chi connectivity index (χ0v) is 18.1. The highest BCUT2D eigenvalue weighted by atomic mass is 127. The number of rotatable bonds is 9.